The Balaban J connectivity index is 0.00000180. The van der Waals surface area contributed by atoms with E-state index in [1.807, 2.05) is 0 Å². The van der Waals surface area contributed by atoms with E-state index in [-0.39, 0.29) is 24.0 Å². The van der Waals surface area contributed by atoms with Gasteiger partial charge in [0.1, 0.15) is 0 Å². The molecule has 108 valence electrons. The lowest BCUT2D eigenvalue weighted by atomic mass is 10.2. The van der Waals surface area contributed by atoms with Crippen LogP contribution in [0.25, 0.3) is 0 Å². The quantitative estimate of drug-likeness (QED) is 0.458. The lowest BCUT2D eigenvalue weighted by molar-refractivity contribution is 0.114. The van der Waals surface area contributed by atoms with E-state index in [1.165, 1.54) is 11.3 Å². The van der Waals surface area contributed by atoms with Crippen LogP contribution < -0.4 is 10.6 Å². The third kappa shape index (κ3) is 6.09. The molecule has 0 aliphatic carbocycles. The molecule has 1 aliphatic rings. The van der Waals surface area contributed by atoms with Gasteiger partial charge < -0.3 is 15.4 Å². The Morgan fingerprint density at radius 2 is 2.42 bits per heavy atom. The molecule has 1 unspecified atom stereocenters. The zero-order chi connectivity index (χ0) is 12.6. The van der Waals surface area contributed by atoms with E-state index < -0.39 is 0 Å². The maximum atomic E-state index is 5.59. The van der Waals surface area contributed by atoms with Crippen molar-refractivity contribution in [1.82, 2.24) is 10.6 Å². The van der Waals surface area contributed by atoms with Gasteiger partial charge in [-0.25, -0.2) is 4.99 Å². The number of aliphatic imine (C=N–C) groups is 1. The monoisotopic (exact) mass is 395 g/mol. The standard InChI is InChI=1S/C13H21N3OS.HI/c1-2-14-13(15-9-11-5-3-7-17-11)16-10-12-6-4-8-18-12;/h4,6,8,11H,2-3,5,7,9-10H2,1H3,(H2,14,15,16);1H. The van der Waals surface area contributed by atoms with Crippen molar-refractivity contribution < 1.29 is 4.74 Å². The Morgan fingerprint density at radius 3 is 3.05 bits per heavy atom. The molecular weight excluding hydrogens is 373 g/mol. The van der Waals surface area contributed by atoms with Gasteiger partial charge in [-0.15, -0.1) is 35.3 Å². The molecule has 0 amide bonds. The molecule has 1 aliphatic heterocycles. The van der Waals surface area contributed by atoms with Crippen LogP contribution in [0, 0.1) is 0 Å². The van der Waals surface area contributed by atoms with Gasteiger partial charge in [-0.2, -0.15) is 0 Å². The molecule has 4 nitrogen and oxygen atoms in total. The molecule has 1 saturated heterocycles. The van der Waals surface area contributed by atoms with Crippen LogP contribution in [0.3, 0.4) is 0 Å². The fourth-order valence-corrected chi connectivity index (χ4v) is 2.55. The van der Waals surface area contributed by atoms with Gasteiger partial charge in [-0.1, -0.05) is 6.07 Å². The molecule has 0 aromatic carbocycles. The fraction of sp³-hybridized carbons (Fsp3) is 0.615. The van der Waals surface area contributed by atoms with Crippen LogP contribution in [0.2, 0.25) is 0 Å². The van der Waals surface area contributed by atoms with Crippen molar-refractivity contribution in [2.45, 2.75) is 32.4 Å². The van der Waals surface area contributed by atoms with E-state index in [9.17, 15) is 0 Å². The number of thiophene rings is 1. The molecule has 0 spiro atoms. The predicted molar refractivity (Wildman–Crippen MR) is 91.5 cm³/mol. The lowest BCUT2D eigenvalue weighted by Gasteiger charge is -2.14. The molecule has 1 atom stereocenters. The van der Waals surface area contributed by atoms with E-state index in [1.54, 1.807) is 11.3 Å². The van der Waals surface area contributed by atoms with Crippen molar-refractivity contribution in [2.24, 2.45) is 4.99 Å². The average Bonchev–Trinajstić information content (AvgIpc) is 3.05. The van der Waals surface area contributed by atoms with Gasteiger partial charge in [0, 0.05) is 24.6 Å². The number of rotatable bonds is 5. The maximum absolute atomic E-state index is 5.59. The molecular formula is C13H22IN3OS. The van der Waals surface area contributed by atoms with E-state index in [2.05, 4.69) is 40.1 Å². The number of guanidine groups is 1. The van der Waals surface area contributed by atoms with Gasteiger partial charge in [0.05, 0.1) is 12.6 Å². The molecule has 0 radical (unpaired) electrons. The Kier molecular flexibility index (Phi) is 8.40. The Hall–Kier alpha value is -0.340. The van der Waals surface area contributed by atoms with E-state index in [0.29, 0.717) is 6.10 Å². The second kappa shape index (κ2) is 9.55. The zero-order valence-electron chi connectivity index (χ0n) is 11.2. The SMILES string of the molecule is CCNC(=NCc1cccs1)NCC1CCCO1.I. The molecule has 2 rings (SSSR count). The predicted octanol–water partition coefficient (Wildman–Crippen LogP) is 2.60. The highest BCUT2D eigenvalue weighted by molar-refractivity contribution is 14.0. The number of halogens is 1. The number of nitrogens with zero attached hydrogens (tertiary/aromatic N) is 1. The van der Waals surface area contributed by atoms with E-state index >= 15 is 0 Å². The van der Waals surface area contributed by atoms with Gasteiger partial charge >= 0.3 is 0 Å². The third-order valence-electron chi connectivity index (χ3n) is 2.84. The van der Waals surface area contributed by atoms with Crippen LogP contribution in [-0.4, -0.2) is 31.8 Å². The van der Waals surface area contributed by atoms with Crippen LogP contribution in [0.4, 0.5) is 0 Å². The summed E-state index contributed by atoms with van der Waals surface area (Å²) < 4.78 is 5.59. The average molecular weight is 395 g/mol. The largest absolute Gasteiger partial charge is 0.376 e. The molecule has 6 heteroatoms. The zero-order valence-corrected chi connectivity index (χ0v) is 14.4. The first-order valence-electron chi connectivity index (χ1n) is 6.54. The molecule has 0 bridgehead atoms. The Morgan fingerprint density at radius 1 is 1.53 bits per heavy atom. The summed E-state index contributed by atoms with van der Waals surface area (Å²) in [7, 11) is 0. The molecule has 0 saturated carbocycles. The summed E-state index contributed by atoms with van der Waals surface area (Å²) in [5.41, 5.74) is 0. The summed E-state index contributed by atoms with van der Waals surface area (Å²) >= 11 is 1.74. The van der Waals surface area contributed by atoms with Gasteiger partial charge in [0.25, 0.3) is 0 Å². The molecule has 1 fully saturated rings. The topological polar surface area (TPSA) is 45.7 Å². The van der Waals surface area contributed by atoms with Gasteiger partial charge in [0.2, 0.25) is 0 Å². The summed E-state index contributed by atoms with van der Waals surface area (Å²) in [6, 6.07) is 4.17. The van der Waals surface area contributed by atoms with Crippen LogP contribution in [0.1, 0.15) is 24.6 Å². The fourth-order valence-electron chi connectivity index (χ4n) is 1.92. The first kappa shape index (κ1) is 16.7. The third-order valence-corrected chi connectivity index (χ3v) is 3.70. The number of hydrogen-bond acceptors (Lipinski definition) is 3. The summed E-state index contributed by atoms with van der Waals surface area (Å²) in [4.78, 5) is 5.85. The van der Waals surface area contributed by atoms with Gasteiger partial charge in [-0.05, 0) is 31.2 Å². The molecule has 1 aromatic rings. The first-order valence-corrected chi connectivity index (χ1v) is 7.42. The number of ether oxygens (including phenoxy) is 1. The van der Waals surface area contributed by atoms with Crippen molar-refractivity contribution in [1.29, 1.82) is 0 Å². The minimum Gasteiger partial charge on any atom is -0.376 e. The van der Waals surface area contributed by atoms with Crippen LogP contribution in [0.5, 0.6) is 0 Å². The van der Waals surface area contributed by atoms with E-state index in [0.717, 1.165) is 38.6 Å². The van der Waals surface area contributed by atoms with Crippen molar-refractivity contribution in [2.75, 3.05) is 19.7 Å². The van der Waals surface area contributed by atoms with Gasteiger partial charge in [0.15, 0.2) is 5.96 Å². The number of nitrogens with one attached hydrogen (secondary N) is 2. The van der Waals surface area contributed by atoms with Crippen LogP contribution in [0.15, 0.2) is 22.5 Å². The van der Waals surface area contributed by atoms with Crippen molar-refractivity contribution >= 4 is 41.3 Å². The highest BCUT2D eigenvalue weighted by atomic mass is 127. The van der Waals surface area contributed by atoms with Gasteiger partial charge in [-0.3, -0.25) is 0 Å². The highest BCUT2D eigenvalue weighted by Gasteiger charge is 2.15. The second-order valence-corrected chi connectivity index (χ2v) is 5.32. The van der Waals surface area contributed by atoms with Crippen molar-refractivity contribution in [3.05, 3.63) is 22.4 Å². The summed E-state index contributed by atoms with van der Waals surface area (Å²) in [5.74, 6) is 0.876. The minimum absolute atomic E-state index is 0. The molecule has 2 N–H and O–H groups in total. The summed E-state index contributed by atoms with van der Waals surface area (Å²) in [6.07, 6.45) is 2.67. The summed E-state index contributed by atoms with van der Waals surface area (Å²) in [5, 5.41) is 8.68. The van der Waals surface area contributed by atoms with Crippen molar-refractivity contribution in [3.63, 3.8) is 0 Å². The first-order chi connectivity index (χ1) is 8.88. The lowest BCUT2D eigenvalue weighted by Crippen LogP contribution is -2.41. The highest BCUT2D eigenvalue weighted by Crippen LogP contribution is 2.11. The summed E-state index contributed by atoms with van der Waals surface area (Å²) in [6.45, 7) is 5.43. The van der Waals surface area contributed by atoms with Crippen LogP contribution >= 0.6 is 35.3 Å². The molecule has 19 heavy (non-hydrogen) atoms. The van der Waals surface area contributed by atoms with Crippen molar-refractivity contribution in [3.8, 4) is 0 Å². The van der Waals surface area contributed by atoms with Crippen LogP contribution in [-0.2, 0) is 11.3 Å². The minimum atomic E-state index is 0. The maximum Gasteiger partial charge on any atom is 0.191 e. The number of hydrogen-bond donors (Lipinski definition) is 2. The Bertz CT molecular complexity index is 364. The second-order valence-electron chi connectivity index (χ2n) is 4.29. The van der Waals surface area contributed by atoms with E-state index in [4.69, 9.17) is 4.74 Å². The smallest absolute Gasteiger partial charge is 0.191 e. The molecule has 2 heterocycles. The Labute approximate surface area is 136 Å². The normalized spacial score (nSPS) is 19.0. The molecule has 1 aromatic heterocycles.